The van der Waals surface area contributed by atoms with Crippen molar-refractivity contribution in [1.29, 1.82) is 0 Å². The monoisotopic (exact) mass is 428 g/mol. The zero-order valence-electron chi connectivity index (χ0n) is 17.1. The van der Waals surface area contributed by atoms with E-state index in [4.69, 9.17) is 11.2 Å². The van der Waals surface area contributed by atoms with Gasteiger partial charge in [-0.05, 0) is 55.7 Å². The number of aryl methyl sites for hydroxylation is 2. The highest BCUT2D eigenvalue weighted by molar-refractivity contribution is 7.89. The van der Waals surface area contributed by atoms with Crippen LogP contribution in [0.15, 0.2) is 47.4 Å². The number of carbonyl (C=O) groups excluding carboxylic acids is 2. The van der Waals surface area contributed by atoms with Crippen molar-refractivity contribution in [1.82, 2.24) is 10.0 Å². The minimum atomic E-state index is -3.84. The summed E-state index contributed by atoms with van der Waals surface area (Å²) in [5.41, 5.74) is 3.22. The normalized spacial score (nSPS) is 11.9. The standard InChI is InChI=1S/C22H24N2O5S/c1-5-11-23-30(27,28)20-8-6-7-19(13-20)22(26)29-14-21(25)24-17(4)18-10-9-15(2)16(3)12-18/h1,6-10,12-13,17,23H,11,14H2,2-4H3,(H,24,25). The van der Waals surface area contributed by atoms with E-state index in [2.05, 4.69) is 16.0 Å². The van der Waals surface area contributed by atoms with E-state index in [-0.39, 0.29) is 23.0 Å². The number of carbonyl (C=O) groups is 2. The van der Waals surface area contributed by atoms with E-state index >= 15 is 0 Å². The van der Waals surface area contributed by atoms with Gasteiger partial charge in [-0.1, -0.05) is 30.2 Å². The average molecular weight is 429 g/mol. The van der Waals surface area contributed by atoms with Crippen molar-refractivity contribution in [2.75, 3.05) is 13.2 Å². The Bertz CT molecular complexity index is 1090. The van der Waals surface area contributed by atoms with Crippen LogP contribution in [-0.4, -0.2) is 33.4 Å². The van der Waals surface area contributed by atoms with Crippen LogP contribution in [0, 0.1) is 26.2 Å². The fraction of sp³-hybridized carbons (Fsp3) is 0.273. The largest absolute Gasteiger partial charge is 0.452 e. The maximum Gasteiger partial charge on any atom is 0.338 e. The van der Waals surface area contributed by atoms with Gasteiger partial charge in [0.15, 0.2) is 6.61 Å². The van der Waals surface area contributed by atoms with Crippen LogP contribution in [0.1, 0.15) is 40.0 Å². The molecule has 0 aliphatic rings. The molecule has 0 bridgehead atoms. The fourth-order valence-corrected chi connectivity index (χ4v) is 3.60. The molecule has 158 valence electrons. The van der Waals surface area contributed by atoms with E-state index < -0.39 is 28.5 Å². The van der Waals surface area contributed by atoms with Gasteiger partial charge in [0.1, 0.15) is 0 Å². The first-order valence-electron chi connectivity index (χ1n) is 9.21. The predicted molar refractivity (Wildman–Crippen MR) is 113 cm³/mol. The van der Waals surface area contributed by atoms with Crippen molar-refractivity contribution < 1.29 is 22.7 Å². The third-order valence-corrected chi connectivity index (χ3v) is 5.89. The summed E-state index contributed by atoms with van der Waals surface area (Å²) in [5.74, 6) is 0.899. The molecule has 1 unspecified atom stereocenters. The molecule has 0 heterocycles. The Kier molecular flexibility index (Phi) is 7.75. The Morgan fingerprint density at radius 3 is 2.53 bits per heavy atom. The summed E-state index contributed by atoms with van der Waals surface area (Å²) >= 11 is 0. The molecular weight excluding hydrogens is 404 g/mol. The third kappa shape index (κ3) is 6.17. The van der Waals surface area contributed by atoms with Gasteiger partial charge in [-0.15, -0.1) is 6.42 Å². The lowest BCUT2D eigenvalue weighted by Gasteiger charge is -2.16. The highest BCUT2D eigenvalue weighted by Crippen LogP contribution is 2.17. The Morgan fingerprint density at radius 1 is 1.13 bits per heavy atom. The highest BCUT2D eigenvalue weighted by Gasteiger charge is 2.17. The molecule has 0 saturated carbocycles. The zero-order valence-corrected chi connectivity index (χ0v) is 17.9. The second-order valence-electron chi connectivity index (χ2n) is 6.77. The van der Waals surface area contributed by atoms with Crippen molar-refractivity contribution in [3.8, 4) is 12.3 Å². The molecule has 2 N–H and O–H groups in total. The molecule has 1 amide bonds. The van der Waals surface area contributed by atoms with Crippen LogP contribution in [0.5, 0.6) is 0 Å². The molecule has 30 heavy (non-hydrogen) atoms. The summed E-state index contributed by atoms with van der Waals surface area (Å²) < 4.78 is 31.4. The van der Waals surface area contributed by atoms with Crippen LogP contribution >= 0.6 is 0 Å². The molecule has 0 spiro atoms. The first-order valence-corrected chi connectivity index (χ1v) is 10.7. The van der Waals surface area contributed by atoms with Crippen LogP contribution in [0.3, 0.4) is 0 Å². The van der Waals surface area contributed by atoms with Crippen molar-refractivity contribution in [2.45, 2.75) is 31.7 Å². The van der Waals surface area contributed by atoms with Crippen molar-refractivity contribution in [3.63, 3.8) is 0 Å². The SMILES string of the molecule is C#CCNS(=O)(=O)c1cccc(C(=O)OCC(=O)NC(C)c2ccc(C)c(C)c2)c1. The molecule has 0 radical (unpaired) electrons. The topological polar surface area (TPSA) is 102 Å². The molecule has 2 rings (SSSR count). The van der Waals surface area contributed by atoms with Gasteiger partial charge in [-0.25, -0.2) is 13.2 Å². The number of amides is 1. The van der Waals surface area contributed by atoms with Crippen LogP contribution in [0.2, 0.25) is 0 Å². The van der Waals surface area contributed by atoms with E-state index in [9.17, 15) is 18.0 Å². The number of benzene rings is 2. The van der Waals surface area contributed by atoms with Crippen LogP contribution in [-0.2, 0) is 19.6 Å². The van der Waals surface area contributed by atoms with Crippen molar-refractivity contribution in [3.05, 3.63) is 64.7 Å². The summed E-state index contributed by atoms with van der Waals surface area (Å²) in [4.78, 5) is 24.3. The van der Waals surface area contributed by atoms with Crippen LogP contribution in [0.4, 0.5) is 0 Å². The molecule has 8 heteroatoms. The van der Waals surface area contributed by atoms with Gasteiger partial charge in [-0.2, -0.15) is 4.72 Å². The lowest BCUT2D eigenvalue weighted by molar-refractivity contribution is -0.124. The second-order valence-corrected chi connectivity index (χ2v) is 8.53. The maximum absolute atomic E-state index is 12.2. The van der Waals surface area contributed by atoms with Gasteiger partial charge >= 0.3 is 5.97 Å². The number of nitrogens with one attached hydrogen (secondary N) is 2. The first-order chi connectivity index (χ1) is 14.1. The number of esters is 1. The first kappa shape index (κ1) is 23.1. The number of ether oxygens (including phenoxy) is 1. The minimum Gasteiger partial charge on any atom is -0.452 e. The lowest BCUT2D eigenvalue weighted by atomic mass is 10.0. The zero-order chi connectivity index (χ0) is 22.3. The van der Waals surface area contributed by atoms with E-state index in [0.29, 0.717) is 0 Å². The van der Waals surface area contributed by atoms with Crippen molar-refractivity contribution >= 4 is 21.9 Å². The maximum atomic E-state index is 12.2. The molecule has 2 aromatic rings. The summed E-state index contributed by atoms with van der Waals surface area (Å²) in [6.07, 6.45) is 5.06. The fourth-order valence-electron chi connectivity index (χ4n) is 2.63. The van der Waals surface area contributed by atoms with E-state index in [0.717, 1.165) is 22.8 Å². The van der Waals surface area contributed by atoms with Crippen LogP contribution in [0.25, 0.3) is 0 Å². The molecule has 7 nitrogen and oxygen atoms in total. The molecule has 0 aromatic heterocycles. The molecule has 1 atom stereocenters. The van der Waals surface area contributed by atoms with Gasteiger partial charge in [-0.3, -0.25) is 4.79 Å². The van der Waals surface area contributed by atoms with Gasteiger partial charge in [0.2, 0.25) is 10.0 Å². The van der Waals surface area contributed by atoms with Gasteiger partial charge < -0.3 is 10.1 Å². The highest BCUT2D eigenvalue weighted by atomic mass is 32.2. The molecule has 2 aromatic carbocycles. The van der Waals surface area contributed by atoms with Gasteiger partial charge in [0.05, 0.1) is 23.0 Å². The van der Waals surface area contributed by atoms with E-state index in [1.807, 2.05) is 39.0 Å². The van der Waals surface area contributed by atoms with Gasteiger partial charge in [0, 0.05) is 0 Å². The smallest absolute Gasteiger partial charge is 0.338 e. The molecule has 0 saturated heterocycles. The number of rotatable bonds is 8. The number of terminal acetylenes is 1. The van der Waals surface area contributed by atoms with Crippen LogP contribution < -0.4 is 10.0 Å². The minimum absolute atomic E-state index is 0.00795. The molecule has 0 aliphatic heterocycles. The summed E-state index contributed by atoms with van der Waals surface area (Å²) in [6, 6.07) is 10.9. The summed E-state index contributed by atoms with van der Waals surface area (Å²) in [5, 5.41) is 2.77. The summed E-state index contributed by atoms with van der Waals surface area (Å²) in [7, 11) is -3.84. The number of sulfonamides is 1. The molecule has 0 aliphatic carbocycles. The quantitative estimate of drug-likeness (QED) is 0.496. The molecular formula is C22H24N2O5S. The Balaban J connectivity index is 1.96. The van der Waals surface area contributed by atoms with Gasteiger partial charge in [0.25, 0.3) is 5.91 Å². The van der Waals surface area contributed by atoms with Crippen molar-refractivity contribution in [2.24, 2.45) is 0 Å². The second kappa shape index (κ2) is 10.1. The van der Waals surface area contributed by atoms with E-state index in [1.165, 1.54) is 18.2 Å². The predicted octanol–water partition coefficient (Wildman–Crippen LogP) is 2.25. The Hall–Kier alpha value is -3.15. The third-order valence-electron chi connectivity index (χ3n) is 4.49. The number of hydrogen-bond donors (Lipinski definition) is 2. The van der Waals surface area contributed by atoms with E-state index in [1.54, 1.807) is 0 Å². The lowest BCUT2D eigenvalue weighted by Crippen LogP contribution is -2.31. The number of hydrogen-bond acceptors (Lipinski definition) is 5. The molecule has 0 fully saturated rings. The Morgan fingerprint density at radius 2 is 1.87 bits per heavy atom. The Labute approximate surface area is 176 Å². The summed E-state index contributed by atoms with van der Waals surface area (Å²) in [6.45, 7) is 5.18. The average Bonchev–Trinajstić information content (AvgIpc) is 2.72.